The molecule has 3 aromatic rings. The second-order valence-electron chi connectivity index (χ2n) is 7.52. The molecule has 0 spiro atoms. The number of rotatable bonds is 5. The van der Waals surface area contributed by atoms with E-state index in [-0.39, 0.29) is 6.04 Å². The van der Waals surface area contributed by atoms with E-state index in [1.54, 1.807) is 12.4 Å². The molecule has 154 valence electrons. The van der Waals surface area contributed by atoms with Gasteiger partial charge in [0.2, 0.25) is 0 Å². The fraction of sp³-hybridized carbons (Fsp3) is 0.261. The summed E-state index contributed by atoms with van der Waals surface area (Å²) in [5.41, 5.74) is 17.0. The molecule has 2 aromatic carbocycles. The van der Waals surface area contributed by atoms with Crippen LogP contribution in [0.5, 0.6) is 0 Å². The minimum Gasteiger partial charge on any atom is -0.404 e. The van der Waals surface area contributed by atoms with E-state index in [0.29, 0.717) is 0 Å². The van der Waals surface area contributed by atoms with Gasteiger partial charge in [0.15, 0.2) is 0 Å². The molecule has 0 bridgehead atoms. The Balaban J connectivity index is 1.38. The minimum absolute atomic E-state index is 0.289. The molecule has 0 unspecified atom stereocenters. The summed E-state index contributed by atoms with van der Waals surface area (Å²) >= 11 is 3.54. The summed E-state index contributed by atoms with van der Waals surface area (Å²) in [5, 5.41) is 0. The van der Waals surface area contributed by atoms with Crippen molar-refractivity contribution in [1.29, 1.82) is 0 Å². The molecule has 7 heteroatoms. The van der Waals surface area contributed by atoms with Gasteiger partial charge in [0, 0.05) is 47.8 Å². The molecule has 1 aliphatic heterocycles. The third-order valence-electron chi connectivity index (χ3n) is 5.34. The third kappa shape index (κ3) is 4.86. The number of aromatic nitrogens is 2. The molecule has 0 radical (unpaired) electrons. The van der Waals surface area contributed by atoms with Gasteiger partial charge in [0.25, 0.3) is 0 Å². The van der Waals surface area contributed by atoms with Crippen molar-refractivity contribution >= 4 is 44.4 Å². The average molecular weight is 465 g/mol. The number of halogens is 1. The topological polar surface area (TPSA) is 93.4 Å². The zero-order valence-corrected chi connectivity index (χ0v) is 18.3. The van der Waals surface area contributed by atoms with E-state index in [1.165, 1.54) is 5.56 Å². The molecule has 2 heterocycles. The van der Waals surface area contributed by atoms with Crippen LogP contribution in [-0.2, 0) is 6.54 Å². The number of likely N-dealkylation sites (tertiary alicyclic amines) is 1. The van der Waals surface area contributed by atoms with Crippen LogP contribution in [0.4, 0.5) is 5.69 Å². The molecule has 0 aliphatic carbocycles. The van der Waals surface area contributed by atoms with Gasteiger partial charge >= 0.3 is 0 Å². The second kappa shape index (κ2) is 9.36. The predicted molar refractivity (Wildman–Crippen MR) is 127 cm³/mol. The Morgan fingerprint density at radius 1 is 1.20 bits per heavy atom. The largest absolute Gasteiger partial charge is 0.404 e. The van der Waals surface area contributed by atoms with Gasteiger partial charge in [0.05, 0.1) is 23.4 Å². The van der Waals surface area contributed by atoms with Crippen LogP contribution < -0.4 is 11.5 Å². The van der Waals surface area contributed by atoms with Gasteiger partial charge in [-0.3, -0.25) is 14.9 Å². The summed E-state index contributed by atoms with van der Waals surface area (Å²) in [6, 6.07) is 14.2. The average Bonchev–Trinajstić information content (AvgIpc) is 2.76. The summed E-state index contributed by atoms with van der Waals surface area (Å²) in [6.07, 6.45) is 7.17. The summed E-state index contributed by atoms with van der Waals surface area (Å²) < 4.78 is 0.912. The van der Waals surface area contributed by atoms with Crippen molar-refractivity contribution in [2.24, 2.45) is 10.7 Å². The number of fused-ring (bicyclic) bond motifs is 1. The highest BCUT2D eigenvalue weighted by atomic mass is 79.9. The monoisotopic (exact) mass is 464 g/mol. The zero-order chi connectivity index (χ0) is 20.9. The van der Waals surface area contributed by atoms with E-state index in [9.17, 15) is 0 Å². The van der Waals surface area contributed by atoms with Crippen LogP contribution in [0.3, 0.4) is 0 Å². The minimum atomic E-state index is 0.289. The number of piperidine rings is 1. The number of para-hydroxylation sites is 1. The van der Waals surface area contributed by atoms with Crippen molar-refractivity contribution in [3.63, 3.8) is 0 Å². The van der Waals surface area contributed by atoms with Gasteiger partial charge < -0.3 is 11.5 Å². The number of hydrogen-bond acceptors (Lipinski definition) is 6. The second-order valence-corrected chi connectivity index (χ2v) is 8.37. The maximum absolute atomic E-state index is 5.89. The number of nitrogens with zero attached hydrogens (tertiary/aromatic N) is 4. The standard InChI is InChI=1S/C23H25BrN6/c24-20-5-2-6-21-23(20)29-22(14-28-21)17(12-25)13-27-19-7-9-30(10-8-19)15-16-3-1-4-18(26)11-16/h1-6,11-14,19H,7-10,15,25-26H2. The van der Waals surface area contributed by atoms with Crippen LogP contribution >= 0.6 is 15.9 Å². The van der Waals surface area contributed by atoms with Crippen LogP contribution in [0, 0.1) is 0 Å². The first-order valence-electron chi connectivity index (χ1n) is 10.1. The summed E-state index contributed by atoms with van der Waals surface area (Å²) in [6.45, 7) is 2.96. The van der Waals surface area contributed by atoms with Gasteiger partial charge in [-0.1, -0.05) is 18.2 Å². The summed E-state index contributed by atoms with van der Waals surface area (Å²) in [4.78, 5) is 16.4. The molecule has 1 aliphatic rings. The molecule has 0 amide bonds. The molecule has 30 heavy (non-hydrogen) atoms. The van der Waals surface area contributed by atoms with E-state index in [0.717, 1.165) is 64.9 Å². The van der Waals surface area contributed by atoms with Crippen molar-refractivity contribution < 1.29 is 0 Å². The van der Waals surface area contributed by atoms with Gasteiger partial charge in [0.1, 0.15) is 5.52 Å². The van der Waals surface area contributed by atoms with Crippen molar-refractivity contribution in [1.82, 2.24) is 14.9 Å². The Bertz CT molecular complexity index is 1090. The Hall–Kier alpha value is -2.77. The van der Waals surface area contributed by atoms with Crippen LogP contribution in [0.25, 0.3) is 16.6 Å². The van der Waals surface area contributed by atoms with Crippen LogP contribution in [0.2, 0.25) is 0 Å². The fourth-order valence-electron chi connectivity index (χ4n) is 3.69. The molecular weight excluding hydrogens is 440 g/mol. The number of benzene rings is 2. The quantitative estimate of drug-likeness (QED) is 0.439. The Kier molecular flexibility index (Phi) is 6.40. The number of aliphatic imine (C=N–C) groups is 1. The first-order chi connectivity index (χ1) is 14.6. The third-order valence-corrected chi connectivity index (χ3v) is 5.98. The molecular formula is C23H25BrN6. The molecule has 6 nitrogen and oxygen atoms in total. The lowest BCUT2D eigenvalue weighted by Gasteiger charge is -2.30. The number of nitrogens with two attached hydrogens (primary N) is 2. The first-order valence-corrected chi connectivity index (χ1v) is 10.8. The van der Waals surface area contributed by atoms with Gasteiger partial charge in [-0.05, 0) is 58.6 Å². The number of anilines is 1. The summed E-state index contributed by atoms with van der Waals surface area (Å²) in [5.74, 6) is 0. The number of allylic oxidation sites excluding steroid dienone is 1. The fourth-order valence-corrected chi connectivity index (χ4v) is 4.14. The highest BCUT2D eigenvalue weighted by Gasteiger charge is 2.18. The predicted octanol–water partition coefficient (Wildman–Crippen LogP) is 4.01. The maximum atomic E-state index is 5.89. The molecule has 0 atom stereocenters. The molecule has 1 aromatic heterocycles. The van der Waals surface area contributed by atoms with E-state index >= 15 is 0 Å². The lowest BCUT2D eigenvalue weighted by molar-refractivity contribution is 0.206. The van der Waals surface area contributed by atoms with E-state index < -0.39 is 0 Å². The van der Waals surface area contributed by atoms with Gasteiger partial charge in [-0.15, -0.1) is 0 Å². The number of nitrogen functional groups attached to an aromatic ring is 1. The molecule has 4 N–H and O–H groups in total. The highest BCUT2D eigenvalue weighted by Crippen LogP contribution is 2.22. The SMILES string of the molecule is NC=C(C=NC1CCN(Cc2cccc(N)c2)CC1)c1cnc2cccc(Br)c2n1. The Labute approximate surface area is 184 Å². The summed E-state index contributed by atoms with van der Waals surface area (Å²) in [7, 11) is 0. The maximum Gasteiger partial charge on any atom is 0.104 e. The lowest BCUT2D eigenvalue weighted by Crippen LogP contribution is -2.34. The first kappa shape index (κ1) is 20.5. The Morgan fingerprint density at radius 2 is 2.00 bits per heavy atom. The number of hydrogen-bond donors (Lipinski definition) is 2. The van der Waals surface area contributed by atoms with Crippen molar-refractivity contribution in [2.45, 2.75) is 25.4 Å². The molecule has 1 saturated heterocycles. The lowest BCUT2D eigenvalue weighted by atomic mass is 10.0. The Morgan fingerprint density at radius 3 is 2.77 bits per heavy atom. The van der Waals surface area contributed by atoms with E-state index in [2.05, 4.69) is 31.9 Å². The van der Waals surface area contributed by atoms with Gasteiger partial charge in [-0.2, -0.15) is 0 Å². The van der Waals surface area contributed by atoms with Crippen molar-refractivity contribution in [3.05, 3.63) is 70.6 Å². The van der Waals surface area contributed by atoms with Crippen molar-refractivity contribution in [3.8, 4) is 0 Å². The molecule has 4 rings (SSSR count). The molecule has 1 fully saturated rings. The molecule has 0 saturated carbocycles. The van der Waals surface area contributed by atoms with E-state index in [4.69, 9.17) is 21.4 Å². The van der Waals surface area contributed by atoms with Crippen molar-refractivity contribution in [2.75, 3.05) is 18.8 Å². The smallest absolute Gasteiger partial charge is 0.104 e. The van der Waals surface area contributed by atoms with Crippen LogP contribution in [-0.4, -0.2) is 40.2 Å². The van der Waals surface area contributed by atoms with Crippen LogP contribution in [0.15, 0.2) is 64.3 Å². The normalized spacial score (nSPS) is 16.5. The highest BCUT2D eigenvalue weighted by molar-refractivity contribution is 9.10. The van der Waals surface area contributed by atoms with Crippen LogP contribution in [0.1, 0.15) is 24.1 Å². The van der Waals surface area contributed by atoms with E-state index in [1.807, 2.05) is 42.6 Å². The zero-order valence-electron chi connectivity index (χ0n) is 16.7. The van der Waals surface area contributed by atoms with Gasteiger partial charge in [-0.25, -0.2) is 4.98 Å².